The van der Waals surface area contributed by atoms with Gasteiger partial charge in [-0.25, -0.2) is 14.4 Å². The Morgan fingerprint density at radius 3 is 2.44 bits per heavy atom. The van der Waals surface area contributed by atoms with E-state index in [4.69, 9.17) is 4.98 Å². The topological polar surface area (TPSA) is 129 Å². The quantitative estimate of drug-likeness (QED) is 0.231. The fraction of sp³-hybridized carbons (Fsp3) is 0.459. The highest BCUT2D eigenvalue weighted by Crippen LogP contribution is 2.35. The van der Waals surface area contributed by atoms with Gasteiger partial charge in [-0.2, -0.15) is 4.98 Å². The number of hydrogen-bond acceptors (Lipinski definition) is 9. The van der Waals surface area contributed by atoms with E-state index < -0.39 is 17.6 Å². The summed E-state index contributed by atoms with van der Waals surface area (Å²) in [4.78, 5) is 57.0. The summed E-state index contributed by atoms with van der Waals surface area (Å²) in [6.45, 7) is 2.35. The number of nitrogens with one attached hydrogen (secondary N) is 2. The predicted octanol–water partition coefficient (Wildman–Crippen LogP) is 5.15. The molecule has 262 valence electrons. The van der Waals surface area contributed by atoms with Gasteiger partial charge in [0.25, 0.3) is 5.91 Å². The normalized spacial score (nSPS) is 19.0. The number of hydrogen-bond donors (Lipinski definition) is 2. The maximum Gasteiger partial charge on any atom is 0.270 e. The molecule has 1 atom stereocenters. The van der Waals surface area contributed by atoms with E-state index in [1.54, 1.807) is 31.3 Å². The lowest BCUT2D eigenvalue weighted by molar-refractivity contribution is -0.134. The Kier molecular flexibility index (Phi) is 9.50. The molecule has 2 N–H and O–H groups in total. The molecule has 2 saturated heterocycles. The Balaban J connectivity index is 0.953. The first-order chi connectivity index (χ1) is 24.1. The molecule has 3 amide bonds. The molecule has 3 aliphatic rings. The second-order valence-corrected chi connectivity index (χ2v) is 14.0. The Labute approximate surface area is 291 Å². The molecule has 3 aromatic heterocycles. The number of benzene rings is 1. The number of piperidine rings is 2. The minimum absolute atomic E-state index is 0.0361. The molecule has 2 aliphatic heterocycles. The van der Waals surface area contributed by atoms with E-state index in [0.29, 0.717) is 42.0 Å². The zero-order valence-electron chi connectivity index (χ0n) is 28.9. The first-order valence-electron chi connectivity index (χ1n) is 17.5. The molecule has 1 unspecified atom stereocenters. The van der Waals surface area contributed by atoms with E-state index in [-0.39, 0.29) is 24.3 Å². The zero-order valence-corrected chi connectivity index (χ0v) is 28.9. The van der Waals surface area contributed by atoms with Crippen LogP contribution in [0.1, 0.15) is 84.9 Å². The minimum Gasteiger partial charge on any atom is -0.370 e. The van der Waals surface area contributed by atoms with Gasteiger partial charge in [0, 0.05) is 69.4 Å². The summed E-state index contributed by atoms with van der Waals surface area (Å²) in [6.07, 6.45) is 10.5. The second-order valence-electron chi connectivity index (χ2n) is 14.0. The first-order valence-corrected chi connectivity index (χ1v) is 17.5. The van der Waals surface area contributed by atoms with Crippen LogP contribution in [0, 0.1) is 5.82 Å². The lowest BCUT2D eigenvalue weighted by atomic mass is 9.89. The lowest BCUT2D eigenvalue weighted by Gasteiger charge is -2.37. The van der Waals surface area contributed by atoms with Gasteiger partial charge in [-0.1, -0.05) is 25.0 Å². The van der Waals surface area contributed by atoms with Gasteiger partial charge in [0.2, 0.25) is 17.8 Å². The van der Waals surface area contributed by atoms with Crippen molar-refractivity contribution in [2.45, 2.75) is 75.9 Å². The monoisotopic (exact) mass is 681 g/mol. The van der Waals surface area contributed by atoms with Crippen LogP contribution in [0.25, 0.3) is 11.0 Å². The summed E-state index contributed by atoms with van der Waals surface area (Å²) < 4.78 is 17.2. The van der Waals surface area contributed by atoms with Crippen molar-refractivity contribution in [3.05, 3.63) is 71.4 Å². The molecule has 13 heteroatoms. The highest BCUT2D eigenvalue weighted by atomic mass is 19.1. The van der Waals surface area contributed by atoms with Gasteiger partial charge in [-0.05, 0) is 69.0 Å². The molecule has 0 bridgehead atoms. The first kappa shape index (κ1) is 33.6. The molecule has 0 spiro atoms. The smallest absolute Gasteiger partial charge is 0.270 e. The van der Waals surface area contributed by atoms with Gasteiger partial charge in [0.1, 0.15) is 23.0 Å². The number of amides is 3. The molecule has 12 nitrogen and oxygen atoms in total. The Bertz CT molecular complexity index is 1900. The van der Waals surface area contributed by atoms with Gasteiger partial charge in [0.15, 0.2) is 0 Å². The summed E-state index contributed by atoms with van der Waals surface area (Å²) in [5.74, 6) is -0.719. The number of fused-ring (bicyclic) bond motifs is 1. The largest absolute Gasteiger partial charge is 0.370 e. The van der Waals surface area contributed by atoms with Crippen LogP contribution < -0.4 is 15.5 Å². The third-order valence-corrected chi connectivity index (χ3v) is 10.4. The summed E-state index contributed by atoms with van der Waals surface area (Å²) in [5, 5.41) is 6.41. The van der Waals surface area contributed by atoms with Crippen molar-refractivity contribution in [3.63, 3.8) is 0 Å². The number of aromatic nitrogens is 4. The van der Waals surface area contributed by atoms with E-state index >= 15 is 4.39 Å². The molecule has 1 aliphatic carbocycles. The van der Waals surface area contributed by atoms with Crippen LogP contribution in [0.3, 0.4) is 0 Å². The van der Waals surface area contributed by atoms with Crippen LogP contribution in [0.4, 0.5) is 21.8 Å². The van der Waals surface area contributed by atoms with E-state index in [1.807, 2.05) is 24.4 Å². The molecule has 4 aromatic rings. The molecule has 1 saturated carbocycles. The van der Waals surface area contributed by atoms with Crippen LogP contribution in [0.5, 0.6) is 0 Å². The predicted molar refractivity (Wildman–Crippen MR) is 189 cm³/mol. The maximum absolute atomic E-state index is 15.1. The lowest BCUT2D eigenvalue weighted by Crippen LogP contribution is -2.43. The fourth-order valence-corrected chi connectivity index (χ4v) is 7.68. The van der Waals surface area contributed by atoms with E-state index in [9.17, 15) is 14.4 Å². The van der Waals surface area contributed by atoms with Crippen molar-refractivity contribution < 1.29 is 18.8 Å². The minimum atomic E-state index is -0.630. The third kappa shape index (κ3) is 6.91. The van der Waals surface area contributed by atoms with Crippen LogP contribution in [0.2, 0.25) is 0 Å². The third-order valence-electron chi connectivity index (χ3n) is 10.4. The molecule has 5 heterocycles. The zero-order chi connectivity index (χ0) is 34.9. The number of pyridine rings is 1. The standard InChI is InChI=1S/C37H44FN9O3/c1-44(2)36(50)31-19-24-20-40-37(43-34(24)47(31)26-6-4-5-7-26)41-32-12-9-27(21-39-32)46-16-14-25(15-17-46)45(3)22-23-8-10-28(30(38)18-23)29-11-13-33(48)42-35(29)49/h8-10,12,18-21,25-26,29H,4-7,11,13-17,22H2,1-3H3,(H,42,48,49)(H,39,40,41,43). The number of carbonyl (C=O) groups is 3. The van der Waals surface area contributed by atoms with E-state index in [2.05, 4.69) is 48.1 Å². The Hall–Kier alpha value is -4.91. The van der Waals surface area contributed by atoms with E-state index in [1.165, 1.54) is 6.07 Å². The number of nitrogens with zero attached hydrogens (tertiary/aromatic N) is 7. The fourth-order valence-electron chi connectivity index (χ4n) is 7.68. The van der Waals surface area contributed by atoms with Crippen LogP contribution in [0.15, 0.2) is 48.8 Å². The van der Waals surface area contributed by atoms with Crippen LogP contribution in [-0.2, 0) is 16.1 Å². The summed E-state index contributed by atoms with van der Waals surface area (Å²) in [5.41, 5.74) is 3.66. The number of rotatable bonds is 9. The Morgan fingerprint density at radius 2 is 1.76 bits per heavy atom. The molecule has 1 aromatic carbocycles. The molecular formula is C37H44FN9O3. The van der Waals surface area contributed by atoms with Crippen LogP contribution >= 0.6 is 0 Å². The number of imide groups is 1. The SMILES string of the molecule is CN(C)C(=O)c1cc2cnc(Nc3ccc(N4CCC(N(C)Cc5ccc(C6CCC(=O)NC6=O)c(F)c5)CC4)cn3)nc2n1C1CCCC1. The average Bonchev–Trinajstić information content (AvgIpc) is 3.77. The van der Waals surface area contributed by atoms with E-state index in [0.717, 1.165) is 73.9 Å². The van der Waals surface area contributed by atoms with Gasteiger partial charge in [0.05, 0.1) is 17.8 Å². The second kappa shape index (κ2) is 14.1. The molecule has 50 heavy (non-hydrogen) atoms. The van der Waals surface area contributed by atoms with Crippen molar-refractivity contribution in [1.82, 2.24) is 34.6 Å². The summed E-state index contributed by atoms with van der Waals surface area (Å²) in [6, 6.07) is 11.6. The highest BCUT2D eigenvalue weighted by molar-refractivity contribution is 6.01. The van der Waals surface area contributed by atoms with Crippen molar-refractivity contribution in [3.8, 4) is 0 Å². The molecule has 7 rings (SSSR count). The number of anilines is 3. The molecule has 3 fully saturated rings. The van der Waals surface area contributed by atoms with Gasteiger partial charge >= 0.3 is 0 Å². The highest BCUT2D eigenvalue weighted by Gasteiger charge is 2.31. The molecular weight excluding hydrogens is 637 g/mol. The number of halogens is 1. The Morgan fingerprint density at radius 1 is 0.980 bits per heavy atom. The van der Waals surface area contributed by atoms with Crippen LogP contribution in [-0.4, -0.2) is 87.3 Å². The van der Waals surface area contributed by atoms with Crippen molar-refractivity contribution >= 4 is 46.2 Å². The van der Waals surface area contributed by atoms with Gasteiger partial charge < -0.3 is 19.7 Å². The van der Waals surface area contributed by atoms with Gasteiger partial charge in [-0.3, -0.25) is 24.6 Å². The average molecular weight is 682 g/mol. The van der Waals surface area contributed by atoms with Crippen molar-refractivity contribution in [2.24, 2.45) is 0 Å². The molecule has 0 radical (unpaired) electrons. The van der Waals surface area contributed by atoms with Crippen molar-refractivity contribution in [2.75, 3.05) is 44.4 Å². The summed E-state index contributed by atoms with van der Waals surface area (Å²) >= 11 is 0. The van der Waals surface area contributed by atoms with Gasteiger partial charge in [-0.15, -0.1) is 0 Å². The maximum atomic E-state index is 15.1. The number of carbonyl (C=O) groups excluding carboxylic acids is 3. The van der Waals surface area contributed by atoms with Crippen molar-refractivity contribution in [1.29, 1.82) is 0 Å². The summed E-state index contributed by atoms with van der Waals surface area (Å²) in [7, 11) is 5.61.